The monoisotopic (exact) mass is 483 g/mol. The van der Waals surface area contributed by atoms with Crippen molar-refractivity contribution in [2.45, 2.75) is 24.7 Å². The molecule has 0 aliphatic carbocycles. The molecule has 1 atom stereocenters. The van der Waals surface area contributed by atoms with E-state index in [1.54, 1.807) is 0 Å². The molecule has 120 valence electrons. The summed E-state index contributed by atoms with van der Waals surface area (Å²) in [5.41, 5.74) is 2.57. The summed E-state index contributed by atoms with van der Waals surface area (Å²) in [5.74, 6) is 0.950. The van der Waals surface area contributed by atoms with Crippen molar-refractivity contribution in [3.05, 3.63) is 63.9 Å². The van der Waals surface area contributed by atoms with Crippen LogP contribution in [0.2, 0.25) is 0 Å². The lowest BCUT2D eigenvalue weighted by molar-refractivity contribution is 0.306. The Morgan fingerprint density at radius 1 is 1.17 bits per heavy atom. The molecule has 0 N–H and O–H groups in total. The van der Waals surface area contributed by atoms with Crippen LogP contribution in [0.1, 0.15) is 12.0 Å². The van der Waals surface area contributed by atoms with E-state index in [1.165, 1.54) is 20.0 Å². The van der Waals surface area contributed by atoms with Gasteiger partial charge in [0.2, 0.25) is 0 Å². The van der Waals surface area contributed by atoms with Gasteiger partial charge in [0.25, 0.3) is 0 Å². The maximum Gasteiger partial charge on any atom is 0.120 e. The number of hydrogen-bond acceptors (Lipinski definition) is 1. The van der Waals surface area contributed by atoms with Crippen molar-refractivity contribution in [1.82, 2.24) is 4.57 Å². The first-order chi connectivity index (χ1) is 11.1. The van der Waals surface area contributed by atoms with Crippen LogP contribution >= 0.6 is 38.5 Å². The van der Waals surface area contributed by atoms with Crippen molar-refractivity contribution < 1.29 is 4.74 Å². The Morgan fingerprint density at radius 2 is 2.00 bits per heavy atom. The smallest absolute Gasteiger partial charge is 0.120 e. The van der Waals surface area contributed by atoms with Crippen LogP contribution in [0.25, 0.3) is 10.9 Å². The molecule has 0 aliphatic heterocycles. The van der Waals surface area contributed by atoms with E-state index in [4.69, 9.17) is 4.74 Å². The molecular formula is C19H19BrINO. The van der Waals surface area contributed by atoms with Crippen molar-refractivity contribution in [2.24, 2.45) is 0 Å². The number of rotatable bonds is 6. The second-order valence-electron chi connectivity index (χ2n) is 5.67. The van der Waals surface area contributed by atoms with Crippen LogP contribution in [0.5, 0.6) is 5.75 Å². The molecule has 3 rings (SSSR count). The highest BCUT2D eigenvalue weighted by atomic mass is 127. The van der Waals surface area contributed by atoms with E-state index in [0.717, 1.165) is 18.7 Å². The van der Waals surface area contributed by atoms with Crippen molar-refractivity contribution >= 4 is 49.4 Å². The summed E-state index contributed by atoms with van der Waals surface area (Å²) in [4.78, 5) is 0.392. The molecule has 2 nitrogen and oxygen atoms in total. The molecule has 0 saturated carbocycles. The van der Waals surface area contributed by atoms with E-state index in [-0.39, 0.29) is 0 Å². The Morgan fingerprint density at radius 3 is 2.83 bits per heavy atom. The zero-order valence-electron chi connectivity index (χ0n) is 13.0. The summed E-state index contributed by atoms with van der Waals surface area (Å²) in [6.07, 6.45) is 3.12. The molecule has 0 saturated heterocycles. The summed E-state index contributed by atoms with van der Waals surface area (Å²) in [7, 11) is 0. The lowest BCUT2D eigenvalue weighted by Crippen LogP contribution is -2.13. The number of fused-ring (bicyclic) bond motifs is 1. The molecule has 0 fully saturated rings. The molecule has 0 radical (unpaired) electrons. The second kappa shape index (κ2) is 7.71. The molecule has 1 heterocycles. The second-order valence-corrected chi connectivity index (χ2v) is 8.13. The quantitative estimate of drug-likeness (QED) is 0.320. The van der Waals surface area contributed by atoms with Crippen LogP contribution in [-0.4, -0.2) is 16.0 Å². The van der Waals surface area contributed by atoms with Gasteiger partial charge in [-0.15, -0.1) is 0 Å². The molecule has 0 aliphatic rings. The molecule has 3 aromatic rings. The van der Waals surface area contributed by atoms with Crippen LogP contribution in [0.4, 0.5) is 0 Å². The average molecular weight is 484 g/mol. The van der Waals surface area contributed by atoms with Crippen molar-refractivity contribution in [3.8, 4) is 5.75 Å². The summed E-state index contributed by atoms with van der Waals surface area (Å²) < 4.78 is 9.42. The van der Waals surface area contributed by atoms with Crippen LogP contribution in [-0.2, 0) is 6.54 Å². The lowest BCUT2D eigenvalue weighted by atomic mass is 10.2. The number of ether oxygens (including phenoxy) is 1. The number of aromatic nitrogens is 1. The normalized spacial score (nSPS) is 12.5. The molecular weight excluding hydrogens is 465 g/mol. The fourth-order valence-electron chi connectivity index (χ4n) is 2.57. The van der Waals surface area contributed by atoms with Gasteiger partial charge in [0, 0.05) is 26.7 Å². The van der Waals surface area contributed by atoms with Gasteiger partial charge in [-0.05, 0) is 71.2 Å². The van der Waals surface area contributed by atoms with Gasteiger partial charge in [0.05, 0.1) is 6.61 Å². The molecule has 2 aromatic carbocycles. The van der Waals surface area contributed by atoms with E-state index in [9.17, 15) is 0 Å². The van der Waals surface area contributed by atoms with Gasteiger partial charge >= 0.3 is 0 Å². The van der Waals surface area contributed by atoms with E-state index in [2.05, 4.69) is 98.7 Å². The first-order valence-corrected chi connectivity index (χ1v) is 9.70. The standard InChI is InChI=1S/C19H19BrINO/c1-14-6-7-17(12-18(14)21)23-11-9-16(20)13-22-10-8-15-4-2-3-5-19(15)22/h2-8,10,12,16H,9,11,13H2,1H3. The SMILES string of the molecule is Cc1ccc(OCCC(Br)Cn2ccc3ccccc32)cc1I. The minimum Gasteiger partial charge on any atom is -0.494 e. The minimum absolute atomic E-state index is 0.392. The third kappa shape index (κ3) is 4.29. The topological polar surface area (TPSA) is 14.2 Å². The van der Waals surface area contributed by atoms with Crippen molar-refractivity contribution in [3.63, 3.8) is 0 Å². The number of halogens is 2. The zero-order valence-corrected chi connectivity index (χ0v) is 16.7. The van der Waals surface area contributed by atoms with Crippen LogP contribution in [0.3, 0.4) is 0 Å². The Balaban J connectivity index is 1.53. The fourth-order valence-corrected chi connectivity index (χ4v) is 3.56. The number of aryl methyl sites for hydroxylation is 1. The number of hydrogen-bond donors (Lipinski definition) is 0. The Bertz CT molecular complexity index is 799. The summed E-state index contributed by atoms with van der Waals surface area (Å²) in [6, 6.07) is 16.9. The first-order valence-electron chi connectivity index (χ1n) is 7.70. The van der Waals surface area contributed by atoms with Gasteiger partial charge < -0.3 is 9.30 Å². The largest absolute Gasteiger partial charge is 0.494 e. The van der Waals surface area contributed by atoms with Crippen LogP contribution < -0.4 is 4.74 Å². The molecule has 1 unspecified atom stereocenters. The van der Waals surface area contributed by atoms with Gasteiger partial charge in [-0.3, -0.25) is 0 Å². The minimum atomic E-state index is 0.392. The third-order valence-electron chi connectivity index (χ3n) is 3.92. The Kier molecular flexibility index (Phi) is 5.64. The first kappa shape index (κ1) is 16.8. The highest BCUT2D eigenvalue weighted by Crippen LogP contribution is 2.21. The van der Waals surface area contributed by atoms with Crippen molar-refractivity contribution in [2.75, 3.05) is 6.61 Å². The molecule has 0 bridgehead atoms. The Labute approximate surface area is 159 Å². The number of para-hydroxylation sites is 1. The zero-order chi connectivity index (χ0) is 16.2. The number of alkyl halides is 1. The predicted octanol–water partition coefficient (Wildman–Crippen LogP) is 5.79. The van der Waals surface area contributed by atoms with Crippen LogP contribution in [0.15, 0.2) is 54.7 Å². The van der Waals surface area contributed by atoms with Gasteiger partial charge in [-0.2, -0.15) is 0 Å². The lowest BCUT2D eigenvalue weighted by Gasteiger charge is -2.13. The number of benzene rings is 2. The van der Waals surface area contributed by atoms with E-state index >= 15 is 0 Å². The Hall–Kier alpha value is -1.01. The fraction of sp³-hybridized carbons (Fsp3) is 0.263. The summed E-state index contributed by atoms with van der Waals surface area (Å²) in [5, 5.41) is 1.29. The molecule has 4 heteroatoms. The average Bonchev–Trinajstić information content (AvgIpc) is 2.94. The molecule has 23 heavy (non-hydrogen) atoms. The van der Waals surface area contributed by atoms with Crippen LogP contribution in [0, 0.1) is 10.5 Å². The van der Waals surface area contributed by atoms with Gasteiger partial charge in [0.15, 0.2) is 0 Å². The molecule has 0 amide bonds. The number of nitrogens with zero attached hydrogens (tertiary/aromatic N) is 1. The predicted molar refractivity (Wildman–Crippen MR) is 109 cm³/mol. The van der Waals surface area contributed by atoms with E-state index < -0.39 is 0 Å². The molecule has 0 spiro atoms. The summed E-state index contributed by atoms with van der Waals surface area (Å²) >= 11 is 6.13. The van der Waals surface area contributed by atoms with Gasteiger partial charge in [-0.1, -0.05) is 40.2 Å². The maximum absolute atomic E-state index is 5.88. The highest BCUT2D eigenvalue weighted by Gasteiger charge is 2.08. The van der Waals surface area contributed by atoms with E-state index in [1.807, 2.05) is 6.07 Å². The third-order valence-corrected chi connectivity index (χ3v) is 5.83. The van der Waals surface area contributed by atoms with Crippen molar-refractivity contribution in [1.29, 1.82) is 0 Å². The highest BCUT2D eigenvalue weighted by molar-refractivity contribution is 14.1. The van der Waals surface area contributed by atoms with Gasteiger partial charge in [0.1, 0.15) is 5.75 Å². The molecule has 1 aromatic heterocycles. The summed E-state index contributed by atoms with van der Waals surface area (Å²) in [6.45, 7) is 3.78. The maximum atomic E-state index is 5.88. The van der Waals surface area contributed by atoms with E-state index in [0.29, 0.717) is 11.4 Å². The van der Waals surface area contributed by atoms with Gasteiger partial charge in [-0.25, -0.2) is 0 Å².